The molecule has 1 aromatic heterocycles. The molecule has 0 unspecified atom stereocenters. The number of aryl methyl sites for hydroxylation is 1. The number of aromatic nitrogens is 2. The van der Waals surface area contributed by atoms with Gasteiger partial charge in [0.2, 0.25) is 5.95 Å². The molecule has 0 amide bonds. The third kappa shape index (κ3) is 3.47. The number of piperidine rings is 1. The van der Waals surface area contributed by atoms with Crippen LogP contribution in [0, 0.1) is 12.3 Å². The second-order valence-corrected chi connectivity index (χ2v) is 8.51. The molecular weight excluding hydrogens is 358 g/mol. The number of nitrogens with one attached hydrogen (secondary N) is 1. The fourth-order valence-corrected chi connectivity index (χ4v) is 4.34. The minimum absolute atomic E-state index is 0.512. The second kappa shape index (κ2) is 7.16. The van der Waals surface area contributed by atoms with Gasteiger partial charge in [0.15, 0.2) is 0 Å². The Balaban J connectivity index is 1.52. The van der Waals surface area contributed by atoms with Crippen molar-refractivity contribution in [1.29, 1.82) is 0 Å². The molecule has 2 fully saturated rings. The van der Waals surface area contributed by atoms with E-state index in [9.17, 15) is 0 Å². The van der Waals surface area contributed by atoms with Gasteiger partial charge in [-0.1, -0.05) is 42.0 Å². The lowest BCUT2D eigenvalue weighted by atomic mass is 9.73. The van der Waals surface area contributed by atoms with Gasteiger partial charge in [-0.2, -0.15) is 0 Å². The van der Waals surface area contributed by atoms with Crippen molar-refractivity contribution in [3.63, 3.8) is 0 Å². The molecule has 0 radical (unpaired) electrons. The van der Waals surface area contributed by atoms with Crippen LogP contribution in [0.2, 0.25) is 0 Å². The predicted octanol–water partition coefficient (Wildman–Crippen LogP) is 3.89. The summed E-state index contributed by atoms with van der Waals surface area (Å²) in [4.78, 5) is 12.2. The molecule has 0 aliphatic carbocycles. The molecule has 5 nitrogen and oxygen atoms in total. The first kappa shape index (κ1) is 18.1. The minimum Gasteiger partial charge on any atom is -0.399 e. The molecule has 2 saturated heterocycles. The van der Waals surface area contributed by atoms with E-state index in [2.05, 4.69) is 41.4 Å². The zero-order chi connectivity index (χ0) is 19.8. The van der Waals surface area contributed by atoms with E-state index in [1.54, 1.807) is 0 Å². The Bertz CT molecular complexity index is 996. The quantitative estimate of drug-likeness (QED) is 0.670. The summed E-state index contributed by atoms with van der Waals surface area (Å²) >= 11 is 0. The van der Waals surface area contributed by atoms with Gasteiger partial charge in [-0.25, -0.2) is 9.97 Å². The van der Waals surface area contributed by atoms with Crippen molar-refractivity contribution < 1.29 is 0 Å². The average molecular weight is 386 g/mol. The van der Waals surface area contributed by atoms with E-state index in [1.807, 2.05) is 30.5 Å². The second-order valence-electron chi connectivity index (χ2n) is 8.51. The van der Waals surface area contributed by atoms with Crippen LogP contribution in [-0.4, -0.2) is 36.1 Å². The van der Waals surface area contributed by atoms with Crippen molar-refractivity contribution >= 4 is 11.6 Å². The van der Waals surface area contributed by atoms with Gasteiger partial charge in [-0.3, -0.25) is 0 Å². The van der Waals surface area contributed by atoms with Crippen molar-refractivity contribution in [2.45, 2.75) is 19.8 Å². The molecule has 5 heteroatoms. The van der Waals surface area contributed by atoms with Crippen molar-refractivity contribution in [1.82, 2.24) is 15.3 Å². The number of rotatable bonds is 3. The standard InChI is InChI=1S/C24H27N5/c1-17-2-4-18(5-3-17)21-14-27-23(28-22(21)19-6-8-20(25)9-7-19)29-12-10-24(11-13-29)15-26-16-24/h2-9,14,26H,10-13,15-16,25H2,1H3. The summed E-state index contributed by atoms with van der Waals surface area (Å²) in [7, 11) is 0. The molecule has 0 atom stereocenters. The van der Waals surface area contributed by atoms with Crippen LogP contribution >= 0.6 is 0 Å². The summed E-state index contributed by atoms with van der Waals surface area (Å²) in [5.74, 6) is 0.829. The Hall–Kier alpha value is -2.92. The van der Waals surface area contributed by atoms with Gasteiger partial charge < -0.3 is 16.0 Å². The van der Waals surface area contributed by atoms with E-state index in [0.29, 0.717) is 5.41 Å². The van der Waals surface area contributed by atoms with Crippen LogP contribution in [-0.2, 0) is 0 Å². The maximum Gasteiger partial charge on any atom is 0.225 e. The lowest BCUT2D eigenvalue weighted by Gasteiger charge is -2.48. The Kier molecular flexibility index (Phi) is 4.47. The summed E-state index contributed by atoms with van der Waals surface area (Å²) in [6.45, 7) is 6.46. The van der Waals surface area contributed by atoms with Gasteiger partial charge in [-0.15, -0.1) is 0 Å². The summed E-state index contributed by atoms with van der Waals surface area (Å²) in [6, 6.07) is 16.5. The van der Waals surface area contributed by atoms with E-state index >= 15 is 0 Å². The monoisotopic (exact) mass is 385 g/mol. The molecule has 0 bridgehead atoms. The Labute approximate surface area is 172 Å². The van der Waals surface area contributed by atoms with Crippen molar-refractivity contribution in [2.24, 2.45) is 5.41 Å². The largest absolute Gasteiger partial charge is 0.399 e. The number of nitrogens with two attached hydrogens (primary N) is 1. The molecule has 5 rings (SSSR count). The van der Waals surface area contributed by atoms with Crippen LogP contribution in [0.15, 0.2) is 54.7 Å². The predicted molar refractivity (Wildman–Crippen MR) is 119 cm³/mol. The highest BCUT2D eigenvalue weighted by Crippen LogP contribution is 2.37. The van der Waals surface area contributed by atoms with Crippen LogP contribution in [0.3, 0.4) is 0 Å². The zero-order valence-electron chi connectivity index (χ0n) is 16.9. The van der Waals surface area contributed by atoms with E-state index in [0.717, 1.165) is 60.2 Å². The van der Waals surface area contributed by atoms with Crippen LogP contribution in [0.5, 0.6) is 0 Å². The van der Waals surface area contributed by atoms with Gasteiger partial charge in [0.25, 0.3) is 0 Å². The van der Waals surface area contributed by atoms with Crippen molar-refractivity contribution in [3.05, 3.63) is 60.3 Å². The summed E-state index contributed by atoms with van der Waals surface area (Å²) in [5, 5.41) is 3.43. The maximum atomic E-state index is 5.92. The summed E-state index contributed by atoms with van der Waals surface area (Å²) < 4.78 is 0. The van der Waals surface area contributed by atoms with Crippen LogP contribution in [0.1, 0.15) is 18.4 Å². The number of anilines is 2. The normalized spacial score (nSPS) is 17.9. The van der Waals surface area contributed by atoms with Crippen molar-refractivity contribution in [2.75, 3.05) is 36.8 Å². The van der Waals surface area contributed by atoms with E-state index < -0.39 is 0 Å². The van der Waals surface area contributed by atoms with E-state index in [1.165, 1.54) is 18.4 Å². The van der Waals surface area contributed by atoms with Crippen LogP contribution < -0.4 is 16.0 Å². The smallest absolute Gasteiger partial charge is 0.225 e. The van der Waals surface area contributed by atoms with Gasteiger partial charge in [0, 0.05) is 49.2 Å². The third-order valence-corrected chi connectivity index (χ3v) is 6.43. The molecule has 1 spiro atoms. The molecular formula is C24H27N5. The summed E-state index contributed by atoms with van der Waals surface area (Å²) in [5.41, 5.74) is 12.6. The SMILES string of the molecule is Cc1ccc(-c2cnc(N3CCC4(CC3)CNC4)nc2-c2ccc(N)cc2)cc1. The number of benzene rings is 2. The molecule has 29 heavy (non-hydrogen) atoms. The highest BCUT2D eigenvalue weighted by Gasteiger charge is 2.40. The fraction of sp³-hybridized carbons (Fsp3) is 0.333. The average Bonchev–Trinajstić information content (AvgIpc) is 2.74. The maximum absolute atomic E-state index is 5.92. The molecule has 2 aromatic carbocycles. The van der Waals surface area contributed by atoms with Gasteiger partial charge in [0.1, 0.15) is 0 Å². The Morgan fingerprint density at radius 1 is 0.931 bits per heavy atom. The summed E-state index contributed by atoms with van der Waals surface area (Å²) in [6.07, 6.45) is 4.40. The number of nitrogens with zero attached hydrogens (tertiary/aromatic N) is 3. The highest BCUT2D eigenvalue weighted by atomic mass is 15.3. The highest BCUT2D eigenvalue weighted by molar-refractivity contribution is 5.81. The fourth-order valence-electron chi connectivity index (χ4n) is 4.34. The van der Waals surface area contributed by atoms with Gasteiger partial charge in [-0.05, 0) is 42.9 Å². The third-order valence-electron chi connectivity index (χ3n) is 6.43. The first-order chi connectivity index (χ1) is 14.1. The van der Waals surface area contributed by atoms with Crippen LogP contribution in [0.4, 0.5) is 11.6 Å². The van der Waals surface area contributed by atoms with E-state index in [-0.39, 0.29) is 0 Å². The molecule has 3 aromatic rings. The Morgan fingerprint density at radius 3 is 2.21 bits per heavy atom. The number of hydrogen-bond acceptors (Lipinski definition) is 5. The molecule has 148 valence electrons. The zero-order valence-corrected chi connectivity index (χ0v) is 16.9. The van der Waals surface area contributed by atoms with Gasteiger partial charge in [0.05, 0.1) is 5.69 Å². The van der Waals surface area contributed by atoms with Crippen molar-refractivity contribution in [3.8, 4) is 22.4 Å². The molecule has 2 aliphatic rings. The molecule has 3 N–H and O–H groups in total. The lowest BCUT2D eigenvalue weighted by Crippen LogP contribution is -2.58. The lowest BCUT2D eigenvalue weighted by molar-refractivity contribution is 0.126. The first-order valence-corrected chi connectivity index (χ1v) is 10.4. The first-order valence-electron chi connectivity index (χ1n) is 10.4. The molecule has 3 heterocycles. The number of nitrogen functional groups attached to an aromatic ring is 1. The van der Waals surface area contributed by atoms with E-state index in [4.69, 9.17) is 15.7 Å². The number of hydrogen-bond donors (Lipinski definition) is 2. The molecule has 0 saturated carbocycles. The molecule has 2 aliphatic heterocycles. The van der Waals surface area contributed by atoms with Gasteiger partial charge >= 0.3 is 0 Å². The Morgan fingerprint density at radius 2 is 1.59 bits per heavy atom. The minimum atomic E-state index is 0.512. The topological polar surface area (TPSA) is 67.1 Å². The van der Waals surface area contributed by atoms with Crippen LogP contribution in [0.25, 0.3) is 22.4 Å².